The fraction of sp³-hybridized carbons (Fsp3) is 0.300. The molecule has 26 heavy (non-hydrogen) atoms. The van der Waals surface area contributed by atoms with Crippen molar-refractivity contribution in [3.63, 3.8) is 0 Å². The molecule has 138 valence electrons. The molecule has 0 aromatic heterocycles. The van der Waals surface area contributed by atoms with Crippen LogP contribution in [-0.4, -0.2) is 29.3 Å². The molecule has 4 nitrogen and oxygen atoms in total. The van der Waals surface area contributed by atoms with E-state index in [0.29, 0.717) is 17.1 Å². The highest BCUT2D eigenvalue weighted by molar-refractivity contribution is 6.30. The van der Waals surface area contributed by atoms with Gasteiger partial charge in [0.1, 0.15) is 11.9 Å². The summed E-state index contributed by atoms with van der Waals surface area (Å²) in [5, 5.41) is 3.27. The average molecular weight is 377 g/mol. The maximum absolute atomic E-state index is 13.9. The van der Waals surface area contributed by atoms with Crippen molar-refractivity contribution >= 4 is 23.4 Å². The van der Waals surface area contributed by atoms with Gasteiger partial charge in [-0.25, -0.2) is 4.39 Å². The van der Waals surface area contributed by atoms with Crippen LogP contribution in [0.4, 0.5) is 4.39 Å². The van der Waals surface area contributed by atoms with E-state index in [1.165, 1.54) is 11.0 Å². The second-order valence-corrected chi connectivity index (χ2v) is 6.43. The SMILES string of the molecule is CCNC(=O)[C@@H](C)N(Cc1cccc(Cl)c1)C(=O)Cc1ccccc1F. The molecule has 1 atom stereocenters. The fourth-order valence-electron chi connectivity index (χ4n) is 2.64. The number of nitrogens with zero attached hydrogens (tertiary/aromatic N) is 1. The molecule has 0 bridgehead atoms. The van der Waals surface area contributed by atoms with E-state index in [1.54, 1.807) is 43.3 Å². The lowest BCUT2D eigenvalue weighted by Gasteiger charge is -2.29. The lowest BCUT2D eigenvalue weighted by Crippen LogP contribution is -2.48. The van der Waals surface area contributed by atoms with Crippen LogP contribution < -0.4 is 5.32 Å². The summed E-state index contributed by atoms with van der Waals surface area (Å²) in [4.78, 5) is 26.6. The summed E-state index contributed by atoms with van der Waals surface area (Å²) in [5.74, 6) is -1.01. The third-order valence-electron chi connectivity index (χ3n) is 4.06. The van der Waals surface area contributed by atoms with E-state index in [1.807, 2.05) is 13.0 Å². The second kappa shape index (κ2) is 9.34. The van der Waals surface area contributed by atoms with Gasteiger partial charge in [-0.2, -0.15) is 0 Å². The molecule has 2 aromatic rings. The Morgan fingerprint density at radius 2 is 1.92 bits per heavy atom. The van der Waals surface area contributed by atoms with Crippen LogP contribution in [-0.2, 0) is 22.6 Å². The minimum Gasteiger partial charge on any atom is -0.355 e. The number of amides is 2. The number of hydrogen-bond donors (Lipinski definition) is 1. The first-order valence-electron chi connectivity index (χ1n) is 8.47. The van der Waals surface area contributed by atoms with Gasteiger partial charge in [0, 0.05) is 18.1 Å². The van der Waals surface area contributed by atoms with Gasteiger partial charge < -0.3 is 10.2 Å². The van der Waals surface area contributed by atoms with E-state index in [2.05, 4.69) is 5.32 Å². The monoisotopic (exact) mass is 376 g/mol. The Kier molecular flexibility index (Phi) is 7.16. The molecular weight excluding hydrogens is 355 g/mol. The predicted molar refractivity (Wildman–Crippen MR) is 100 cm³/mol. The number of rotatable bonds is 7. The summed E-state index contributed by atoms with van der Waals surface area (Å²) in [7, 11) is 0. The third-order valence-corrected chi connectivity index (χ3v) is 4.29. The molecule has 2 amide bonds. The van der Waals surface area contributed by atoms with Crippen molar-refractivity contribution in [1.82, 2.24) is 10.2 Å². The van der Waals surface area contributed by atoms with Crippen molar-refractivity contribution in [3.05, 3.63) is 70.5 Å². The predicted octanol–water partition coefficient (Wildman–Crippen LogP) is 3.58. The lowest BCUT2D eigenvalue weighted by molar-refractivity contribution is -0.140. The maximum Gasteiger partial charge on any atom is 0.242 e. The Labute approximate surface area is 158 Å². The zero-order valence-corrected chi connectivity index (χ0v) is 15.6. The summed E-state index contributed by atoms with van der Waals surface area (Å²) in [5.41, 5.74) is 1.10. The number of halogens is 2. The molecule has 0 unspecified atom stereocenters. The van der Waals surface area contributed by atoms with Crippen LogP contribution >= 0.6 is 11.6 Å². The van der Waals surface area contributed by atoms with Gasteiger partial charge in [0.05, 0.1) is 6.42 Å². The first kappa shape index (κ1) is 19.9. The van der Waals surface area contributed by atoms with E-state index in [-0.39, 0.29) is 24.8 Å². The minimum absolute atomic E-state index is 0.114. The molecule has 0 radical (unpaired) electrons. The standard InChI is InChI=1S/C20H22ClFN2O2/c1-3-23-20(26)14(2)24(13-15-7-6-9-17(21)11-15)19(25)12-16-8-4-5-10-18(16)22/h4-11,14H,3,12-13H2,1-2H3,(H,23,26)/t14-/m1/s1. The van der Waals surface area contributed by atoms with Gasteiger partial charge >= 0.3 is 0 Å². The number of carbonyl (C=O) groups is 2. The zero-order chi connectivity index (χ0) is 19.1. The van der Waals surface area contributed by atoms with Gasteiger partial charge in [-0.3, -0.25) is 9.59 Å². The van der Waals surface area contributed by atoms with Crippen molar-refractivity contribution in [3.8, 4) is 0 Å². The van der Waals surface area contributed by atoms with Crippen LogP contribution in [0.15, 0.2) is 48.5 Å². The van der Waals surface area contributed by atoms with Gasteiger partial charge in [-0.15, -0.1) is 0 Å². The number of hydrogen-bond acceptors (Lipinski definition) is 2. The molecule has 0 saturated carbocycles. The Hall–Kier alpha value is -2.40. The maximum atomic E-state index is 13.9. The third kappa shape index (κ3) is 5.30. The Balaban J connectivity index is 2.25. The summed E-state index contributed by atoms with van der Waals surface area (Å²) >= 11 is 6.02. The van der Waals surface area contributed by atoms with Gasteiger partial charge in [0.15, 0.2) is 0 Å². The van der Waals surface area contributed by atoms with Gasteiger partial charge in [-0.1, -0.05) is 41.9 Å². The largest absolute Gasteiger partial charge is 0.355 e. The smallest absolute Gasteiger partial charge is 0.242 e. The van der Waals surface area contributed by atoms with E-state index in [0.717, 1.165) is 5.56 Å². The van der Waals surface area contributed by atoms with E-state index in [4.69, 9.17) is 11.6 Å². The van der Waals surface area contributed by atoms with Crippen LogP contribution in [0.1, 0.15) is 25.0 Å². The molecule has 0 aliphatic carbocycles. The lowest BCUT2D eigenvalue weighted by atomic mass is 10.1. The van der Waals surface area contributed by atoms with Crippen molar-refractivity contribution in [2.24, 2.45) is 0 Å². The van der Waals surface area contributed by atoms with Crippen LogP contribution in [0.2, 0.25) is 5.02 Å². The first-order valence-corrected chi connectivity index (χ1v) is 8.85. The Bertz CT molecular complexity index is 782. The van der Waals surface area contributed by atoms with Crippen LogP contribution in [0.3, 0.4) is 0 Å². The van der Waals surface area contributed by atoms with Crippen LogP contribution in [0, 0.1) is 5.82 Å². The van der Waals surface area contributed by atoms with Crippen molar-refractivity contribution in [2.45, 2.75) is 32.9 Å². The van der Waals surface area contributed by atoms with E-state index < -0.39 is 11.9 Å². The summed E-state index contributed by atoms with van der Waals surface area (Å²) in [6.45, 7) is 4.16. The normalized spacial score (nSPS) is 11.7. The number of benzene rings is 2. The Morgan fingerprint density at radius 3 is 2.58 bits per heavy atom. The molecule has 0 aliphatic rings. The van der Waals surface area contributed by atoms with Gasteiger partial charge in [0.25, 0.3) is 0 Å². The van der Waals surface area contributed by atoms with Crippen LogP contribution in [0.25, 0.3) is 0 Å². The van der Waals surface area contributed by atoms with E-state index >= 15 is 0 Å². The highest BCUT2D eigenvalue weighted by Crippen LogP contribution is 2.17. The summed E-state index contributed by atoms with van der Waals surface area (Å²) < 4.78 is 13.9. The highest BCUT2D eigenvalue weighted by Gasteiger charge is 2.26. The zero-order valence-electron chi connectivity index (χ0n) is 14.8. The number of nitrogens with one attached hydrogen (secondary N) is 1. The molecule has 0 spiro atoms. The number of carbonyl (C=O) groups excluding carboxylic acids is 2. The fourth-order valence-corrected chi connectivity index (χ4v) is 2.86. The highest BCUT2D eigenvalue weighted by atomic mass is 35.5. The minimum atomic E-state index is -0.687. The topological polar surface area (TPSA) is 49.4 Å². The summed E-state index contributed by atoms with van der Waals surface area (Å²) in [6.07, 6.45) is -0.114. The first-order chi connectivity index (χ1) is 12.4. The quantitative estimate of drug-likeness (QED) is 0.803. The molecule has 2 rings (SSSR count). The van der Waals surface area contributed by atoms with Gasteiger partial charge in [-0.05, 0) is 43.2 Å². The van der Waals surface area contributed by atoms with Crippen molar-refractivity contribution in [1.29, 1.82) is 0 Å². The molecule has 0 aliphatic heterocycles. The molecule has 6 heteroatoms. The van der Waals surface area contributed by atoms with Crippen molar-refractivity contribution < 1.29 is 14.0 Å². The molecular formula is C20H22ClFN2O2. The Morgan fingerprint density at radius 1 is 1.19 bits per heavy atom. The molecule has 0 heterocycles. The van der Waals surface area contributed by atoms with Crippen molar-refractivity contribution in [2.75, 3.05) is 6.54 Å². The molecule has 0 saturated heterocycles. The molecule has 2 aromatic carbocycles. The molecule has 0 fully saturated rings. The number of likely N-dealkylation sites (N-methyl/N-ethyl adjacent to an activating group) is 1. The second-order valence-electron chi connectivity index (χ2n) is 5.99. The van der Waals surface area contributed by atoms with Gasteiger partial charge in [0.2, 0.25) is 11.8 Å². The average Bonchev–Trinajstić information content (AvgIpc) is 2.61. The molecule has 1 N–H and O–H groups in total. The van der Waals surface area contributed by atoms with E-state index in [9.17, 15) is 14.0 Å². The van der Waals surface area contributed by atoms with Crippen LogP contribution in [0.5, 0.6) is 0 Å². The summed E-state index contributed by atoms with van der Waals surface area (Å²) in [6, 6.07) is 12.6.